The Balaban J connectivity index is 2.03. The fourth-order valence-electron chi connectivity index (χ4n) is 7.61. The Labute approximate surface area is 250 Å². The van der Waals surface area contributed by atoms with Gasteiger partial charge in [-0.15, -0.1) is 0 Å². The third-order valence-electron chi connectivity index (χ3n) is 10.1. The SMILES string of the molecule is CC=C(C)C(=O)OC1C(OC2OC(C)C(O)C(OC(C)=O)C2O)CC2(C)C(CCC(C)=CCO)C(C)=CCC2C1(C)C. The minimum atomic E-state index is -1.45. The summed E-state index contributed by atoms with van der Waals surface area (Å²) in [6.45, 7) is 17.1. The Morgan fingerprint density at radius 2 is 1.79 bits per heavy atom. The molecule has 0 amide bonds. The van der Waals surface area contributed by atoms with Gasteiger partial charge in [0, 0.05) is 17.9 Å². The minimum Gasteiger partial charge on any atom is -0.457 e. The minimum absolute atomic E-state index is 0.0119. The van der Waals surface area contributed by atoms with Crippen LogP contribution in [0.15, 0.2) is 34.9 Å². The predicted molar refractivity (Wildman–Crippen MR) is 158 cm³/mol. The molecule has 10 unspecified atom stereocenters. The third-order valence-corrected chi connectivity index (χ3v) is 10.1. The molecular weight excluding hydrogens is 540 g/mol. The first kappa shape index (κ1) is 34.5. The highest BCUT2D eigenvalue weighted by Gasteiger charge is 2.61. The molecule has 2 aliphatic carbocycles. The van der Waals surface area contributed by atoms with E-state index in [1.165, 1.54) is 12.5 Å². The van der Waals surface area contributed by atoms with Crippen molar-refractivity contribution >= 4 is 11.9 Å². The molecule has 3 rings (SSSR count). The van der Waals surface area contributed by atoms with Crippen molar-refractivity contribution in [1.82, 2.24) is 0 Å². The smallest absolute Gasteiger partial charge is 0.333 e. The van der Waals surface area contributed by atoms with E-state index in [1.807, 2.05) is 13.0 Å². The lowest BCUT2D eigenvalue weighted by molar-refractivity contribution is -0.326. The van der Waals surface area contributed by atoms with Crippen molar-refractivity contribution in [2.24, 2.45) is 22.7 Å². The maximum absolute atomic E-state index is 13.1. The molecule has 2 fully saturated rings. The summed E-state index contributed by atoms with van der Waals surface area (Å²) >= 11 is 0. The number of hydrogen-bond acceptors (Lipinski definition) is 9. The Morgan fingerprint density at radius 1 is 1.12 bits per heavy atom. The van der Waals surface area contributed by atoms with Crippen molar-refractivity contribution in [3.63, 3.8) is 0 Å². The van der Waals surface area contributed by atoms with Crippen LogP contribution in [-0.4, -0.2) is 76.8 Å². The van der Waals surface area contributed by atoms with E-state index in [4.69, 9.17) is 18.9 Å². The molecule has 1 heterocycles. The highest BCUT2D eigenvalue weighted by molar-refractivity contribution is 5.87. The molecule has 0 aromatic carbocycles. The monoisotopic (exact) mass is 592 g/mol. The second-order valence-electron chi connectivity index (χ2n) is 13.3. The summed E-state index contributed by atoms with van der Waals surface area (Å²) in [5.41, 5.74) is 2.16. The number of aliphatic hydroxyl groups is 3. The van der Waals surface area contributed by atoms with Crippen molar-refractivity contribution in [3.8, 4) is 0 Å². The number of fused-ring (bicyclic) bond motifs is 1. The van der Waals surface area contributed by atoms with Crippen LogP contribution in [0.4, 0.5) is 0 Å². The number of rotatable bonds is 9. The second kappa shape index (κ2) is 13.7. The zero-order valence-corrected chi connectivity index (χ0v) is 26.8. The summed E-state index contributed by atoms with van der Waals surface area (Å²) in [7, 11) is 0. The van der Waals surface area contributed by atoms with Gasteiger partial charge >= 0.3 is 11.9 Å². The molecule has 42 heavy (non-hydrogen) atoms. The molecule has 0 aromatic rings. The predicted octanol–water partition coefficient (Wildman–Crippen LogP) is 4.39. The van der Waals surface area contributed by atoms with Gasteiger partial charge in [0.2, 0.25) is 0 Å². The molecule has 9 nitrogen and oxygen atoms in total. The average molecular weight is 593 g/mol. The first-order valence-electron chi connectivity index (χ1n) is 15.2. The number of carbonyl (C=O) groups excluding carboxylic acids is 2. The molecule has 0 bridgehead atoms. The lowest BCUT2D eigenvalue weighted by atomic mass is 9.46. The molecule has 9 heteroatoms. The van der Waals surface area contributed by atoms with Gasteiger partial charge in [-0.1, -0.05) is 50.1 Å². The van der Waals surface area contributed by atoms with Gasteiger partial charge in [-0.25, -0.2) is 4.79 Å². The fraction of sp³-hybridized carbons (Fsp3) is 0.758. The normalized spacial score (nSPS) is 38.8. The Kier molecular flexibility index (Phi) is 11.3. The van der Waals surface area contributed by atoms with E-state index in [2.05, 4.69) is 33.8 Å². The van der Waals surface area contributed by atoms with Crippen LogP contribution in [0.3, 0.4) is 0 Å². The van der Waals surface area contributed by atoms with Gasteiger partial charge in [-0.05, 0) is 77.6 Å². The maximum atomic E-state index is 13.1. The second-order valence-corrected chi connectivity index (χ2v) is 13.3. The molecule has 1 aliphatic heterocycles. The van der Waals surface area contributed by atoms with Gasteiger partial charge < -0.3 is 34.3 Å². The van der Waals surface area contributed by atoms with Crippen LogP contribution in [0, 0.1) is 22.7 Å². The first-order chi connectivity index (χ1) is 19.6. The van der Waals surface area contributed by atoms with Crippen LogP contribution in [0.25, 0.3) is 0 Å². The van der Waals surface area contributed by atoms with E-state index in [-0.39, 0.29) is 23.9 Å². The van der Waals surface area contributed by atoms with E-state index in [0.29, 0.717) is 12.0 Å². The molecule has 3 N–H and O–H groups in total. The van der Waals surface area contributed by atoms with Crippen molar-refractivity contribution in [3.05, 3.63) is 34.9 Å². The maximum Gasteiger partial charge on any atom is 0.333 e. The molecule has 238 valence electrons. The van der Waals surface area contributed by atoms with Crippen LogP contribution >= 0.6 is 0 Å². The molecule has 3 aliphatic rings. The summed E-state index contributed by atoms with van der Waals surface area (Å²) < 4.78 is 24.0. The van der Waals surface area contributed by atoms with Gasteiger partial charge in [0.15, 0.2) is 12.4 Å². The van der Waals surface area contributed by atoms with Gasteiger partial charge in [0.1, 0.15) is 18.3 Å². The molecule has 0 spiro atoms. The Hall–Kier alpha value is -2.04. The van der Waals surface area contributed by atoms with Crippen LogP contribution in [-0.2, 0) is 28.5 Å². The van der Waals surface area contributed by atoms with Crippen molar-refractivity contribution < 1.29 is 43.9 Å². The molecule has 10 atom stereocenters. The fourth-order valence-corrected chi connectivity index (χ4v) is 7.61. The summed E-state index contributed by atoms with van der Waals surface area (Å²) in [6, 6.07) is 0. The highest BCUT2D eigenvalue weighted by Crippen LogP contribution is 2.62. The van der Waals surface area contributed by atoms with Crippen molar-refractivity contribution in [2.45, 2.75) is 131 Å². The zero-order chi connectivity index (χ0) is 31.6. The van der Waals surface area contributed by atoms with E-state index < -0.39 is 60.3 Å². The van der Waals surface area contributed by atoms with Crippen molar-refractivity contribution in [2.75, 3.05) is 6.61 Å². The van der Waals surface area contributed by atoms with Gasteiger partial charge in [0.25, 0.3) is 0 Å². The number of esters is 2. The lowest BCUT2D eigenvalue weighted by Crippen LogP contribution is -2.64. The summed E-state index contributed by atoms with van der Waals surface area (Å²) in [4.78, 5) is 24.9. The summed E-state index contributed by atoms with van der Waals surface area (Å²) in [5.74, 6) is -0.685. The summed E-state index contributed by atoms with van der Waals surface area (Å²) in [5, 5.41) is 31.2. The number of hydrogen-bond donors (Lipinski definition) is 3. The van der Waals surface area contributed by atoms with Crippen molar-refractivity contribution in [1.29, 1.82) is 0 Å². The number of aliphatic hydroxyl groups excluding tert-OH is 3. The largest absolute Gasteiger partial charge is 0.457 e. The molecule has 0 radical (unpaired) electrons. The lowest BCUT2D eigenvalue weighted by Gasteiger charge is -2.61. The molecule has 1 saturated carbocycles. The topological polar surface area (TPSA) is 132 Å². The van der Waals surface area contributed by atoms with Crippen LogP contribution < -0.4 is 0 Å². The number of allylic oxidation sites excluding steroid dienone is 4. The van der Waals surface area contributed by atoms with E-state index in [0.717, 1.165) is 24.8 Å². The number of ether oxygens (including phenoxy) is 4. The number of carbonyl (C=O) groups is 2. The van der Waals surface area contributed by atoms with Crippen LogP contribution in [0.2, 0.25) is 0 Å². The molecule has 0 aromatic heterocycles. The molecular formula is C33H52O9. The van der Waals surface area contributed by atoms with Gasteiger partial charge in [0.05, 0.1) is 18.8 Å². The average Bonchev–Trinajstić information content (AvgIpc) is 2.90. The Morgan fingerprint density at radius 3 is 2.38 bits per heavy atom. The zero-order valence-electron chi connectivity index (χ0n) is 26.8. The van der Waals surface area contributed by atoms with E-state index >= 15 is 0 Å². The highest BCUT2D eigenvalue weighted by atomic mass is 16.7. The Bertz CT molecular complexity index is 1080. The van der Waals surface area contributed by atoms with Gasteiger partial charge in [-0.2, -0.15) is 0 Å². The van der Waals surface area contributed by atoms with E-state index in [1.54, 1.807) is 26.8 Å². The third kappa shape index (κ3) is 7.02. The first-order valence-corrected chi connectivity index (χ1v) is 15.2. The van der Waals surface area contributed by atoms with Gasteiger partial charge in [-0.3, -0.25) is 4.79 Å². The van der Waals surface area contributed by atoms with Crippen LogP contribution in [0.5, 0.6) is 0 Å². The van der Waals surface area contributed by atoms with E-state index in [9.17, 15) is 24.9 Å². The van der Waals surface area contributed by atoms with Crippen LogP contribution in [0.1, 0.15) is 88.0 Å². The standard InChI is InChI=1S/C33H52O9/c1-10-19(3)30(38)42-29-24(41-31-27(37)28(40-22(6)35)26(36)21(5)39-31)17-33(9)23(13-11-18(2)15-16-34)20(4)12-14-25(33)32(29,7)8/h10,12,15,21,23-29,31,34,36-37H,11,13-14,16-17H2,1-9H3. The summed E-state index contributed by atoms with van der Waals surface area (Å²) in [6.07, 6.45) is 1.75. The molecule has 1 saturated heterocycles. The quantitative estimate of drug-likeness (QED) is 0.203.